The summed E-state index contributed by atoms with van der Waals surface area (Å²) in [4.78, 5) is 14.5. The van der Waals surface area contributed by atoms with E-state index >= 15 is 0 Å². The van der Waals surface area contributed by atoms with Crippen molar-refractivity contribution in [2.24, 2.45) is 11.8 Å². The molecule has 2 aromatic carbocycles. The summed E-state index contributed by atoms with van der Waals surface area (Å²) in [7, 11) is 0. The number of nitrogens with zero attached hydrogens (tertiary/aromatic N) is 1. The highest BCUT2D eigenvalue weighted by molar-refractivity contribution is 5.84. The molecule has 2 fully saturated rings. The number of ether oxygens (including phenoxy) is 1. The van der Waals surface area contributed by atoms with E-state index in [-0.39, 0.29) is 12.5 Å². The van der Waals surface area contributed by atoms with E-state index in [1.54, 1.807) is 0 Å². The fourth-order valence-electron chi connectivity index (χ4n) is 4.32. The number of hydrogen-bond acceptors (Lipinski definition) is 2. The van der Waals surface area contributed by atoms with Crippen molar-refractivity contribution < 1.29 is 9.53 Å². The third-order valence-electron chi connectivity index (χ3n) is 5.73. The minimum atomic E-state index is 0.132. The van der Waals surface area contributed by atoms with Crippen LogP contribution in [-0.2, 0) is 4.79 Å². The third kappa shape index (κ3) is 3.26. The number of carbonyl (C=O) groups excluding carboxylic acids is 1. The maximum Gasteiger partial charge on any atom is 0.260 e. The Kier molecular flexibility index (Phi) is 4.42. The standard InChI is InChI=1S/C21H25NO2/c23-21(22-12-11-17-6-2-4-8-19(17)14-22)15-24-20-10-9-16-5-1-3-7-18(16)13-20/h1,3,5,7,9-10,13,17,19H,2,4,6,8,11-12,14-15H2/t17-,19+/m1/s1. The van der Waals surface area contributed by atoms with Crippen LogP contribution in [0.2, 0.25) is 0 Å². The molecule has 2 atom stereocenters. The van der Waals surface area contributed by atoms with Gasteiger partial charge in [0.25, 0.3) is 5.91 Å². The van der Waals surface area contributed by atoms with Crippen LogP contribution in [0.25, 0.3) is 10.8 Å². The first-order valence-electron chi connectivity index (χ1n) is 9.19. The van der Waals surface area contributed by atoms with Gasteiger partial charge in [-0.1, -0.05) is 49.6 Å². The topological polar surface area (TPSA) is 29.5 Å². The largest absolute Gasteiger partial charge is 0.484 e. The van der Waals surface area contributed by atoms with Gasteiger partial charge >= 0.3 is 0 Å². The van der Waals surface area contributed by atoms with Crippen LogP contribution in [0.3, 0.4) is 0 Å². The lowest BCUT2D eigenvalue weighted by molar-refractivity contribution is -0.136. The van der Waals surface area contributed by atoms with Gasteiger partial charge in [-0.25, -0.2) is 0 Å². The number of benzene rings is 2. The predicted octanol–water partition coefficient (Wildman–Crippen LogP) is 4.26. The minimum Gasteiger partial charge on any atom is -0.484 e. The molecule has 2 aromatic rings. The Bertz CT molecular complexity index is 727. The molecule has 1 aliphatic carbocycles. The molecule has 1 amide bonds. The zero-order valence-electron chi connectivity index (χ0n) is 14.1. The summed E-state index contributed by atoms with van der Waals surface area (Å²) in [5, 5.41) is 2.33. The first-order chi connectivity index (χ1) is 11.8. The zero-order chi connectivity index (χ0) is 16.4. The molecular formula is C21H25NO2. The van der Waals surface area contributed by atoms with Crippen LogP contribution in [0.4, 0.5) is 0 Å². The molecule has 1 saturated carbocycles. The maximum absolute atomic E-state index is 12.5. The van der Waals surface area contributed by atoms with E-state index in [1.165, 1.54) is 37.5 Å². The third-order valence-corrected chi connectivity index (χ3v) is 5.73. The Morgan fingerprint density at radius 2 is 1.79 bits per heavy atom. The Hall–Kier alpha value is -2.03. The van der Waals surface area contributed by atoms with Crippen molar-refractivity contribution in [1.29, 1.82) is 0 Å². The Labute approximate surface area is 143 Å². The number of carbonyl (C=O) groups is 1. The van der Waals surface area contributed by atoms with Gasteiger partial charge in [0.1, 0.15) is 5.75 Å². The number of likely N-dealkylation sites (tertiary alicyclic amines) is 1. The second kappa shape index (κ2) is 6.84. The molecule has 2 aliphatic rings. The summed E-state index contributed by atoms with van der Waals surface area (Å²) >= 11 is 0. The van der Waals surface area contributed by atoms with E-state index in [4.69, 9.17) is 4.74 Å². The quantitative estimate of drug-likeness (QED) is 0.845. The molecule has 0 N–H and O–H groups in total. The maximum atomic E-state index is 12.5. The first kappa shape index (κ1) is 15.5. The molecule has 126 valence electrons. The van der Waals surface area contributed by atoms with E-state index in [0.717, 1.165) is 36.1 Å². The van der Waals surface area contributed by atoms with Gasteiger partial charge in [0.15, 0.2) is 6.61 Å². The van der Waals surface area contributed by atoms with Gasteiger partial charge in [0, 0.05) is 13.1 Å². The van der Waals surface area contributed by atoms with E-state index in [2.05, 4.69) is 12.1 Å². The summed E-state index contributed by atoms with van der Waals surface area (Å²) in [6.07, 6.45) is 6.53. The van der Waals surface area contributed by atoms with E-state index in [1.807, 2.05) is 35.2 Å². The number of amides is 1. The number of hydrogen-bond donors (Lipinski definition) is 0. The molecular weight excluding hydrogens is 298 g/mol. The normalized spacial score (nSPS) is 23.8. The van der Waals surface area contributed by atoms with Crippen LogP contribution in [0.5, 0.6) is 5.75 Å². The molecule has 3 nitrogen and oxygen atoms in total. The van der Waals surface area contributed by atoms with E-state index in [0.29, 0.717) is 0 Å². The number of rotatable bonds is 3. The molecule has 0 unspecified atom stereocenters. The summed E-state index contributed by atoms with van der Waals surface area (Å²) in [5.41, 5.74) is 0. The van der Waals surface area contributed by atoms with Gasteiger partial charge in [-0.3, -0.25) is 4.79 Å². The smallest absolute Gasteiger partial charge is 0.260 e. The van der Waals surface area contributed by atoms with Gasteiger partial charge in [0.2, 0.25) is 0 Å². The molecule has 3 heteroatoms. The van der Waals surface area contributed by atoms with Crippen molar-refractivity contribution in [3.8, 4) is 5.75 Å². The van der Waals surface area contributed by atoms with Crippen molar-refractivity contribution in [3.05, 3.63) is 42.5 Å². The van der Waals surface area contributed by atoms with E-state index in [9.17, 15) is 4.79 Å². The monoisotopic (exact) mass is 323 g/mol. The van der Waals surface area contributed by atoms with Crippen LogP contribution in [0, 0.1) is 11.8 Å². The van der Waals surface area contributed by atoms with Crippen molar-refractivity contribution in [1.82, 2.24) is 4.90 Å². The lowest BCUT2D eigenvalue weighted by atomic mass is 9.75. The predicted molar refractivity (Wildman–Crippen MR) is 96.1 cm³/mol. The van der Waals surface area contributed by atoms with E-state index < -0.39 is 0 Å². The highest BCUT2D eigenvalue weighted by Crippen LogP contribution is 2.36. The molecule has 24 heavy (non-hydrogen) atoms. The summed E-state index contributed by atoms with van der Waals surface area (Å²) in [6, 6.07) is 14.2. The fourth-order valence-corrected chi connectivity index (χ4v) is 4.32. The summed E-state index contributed by atoms with van der Waals surface area (Å²) in [5.74, 6) is 2.48. The molecule has 0 radical (unpaired) electrons. The van der Waals surface area contributed by atoms with Crippen LogP contribution in [0.1, 0.15) is 32.1 Å². The zero-order valence-corrected chi connectivity index (χ0v) is 14.1. The van der Waals surface area contributed by atoms with Gasteiger partial charge in [-0.15, -0.1) is 0 Å². The Morgan fingerprint density at radius 3 is 2.67 bits per heavy atom. The van der Waals surface area contributed by atoms with Crippen LogP contribution < -0.4 is 4.74 Å². The van der Waals surface area contributed by atoms with Gasteiger partial charge in [-0.05, 0) is 47.6 Å². The average Bonchev–Trinajstić information content (AvgIpc) is 2.65. The number of piperidine rings is 1. The second-order valence-corrected chi connectivity index (χ2v) is 7.23. The van der Waals surface area contributed by atoms with Crippen molar-refractivity contribution in [2.75, 3.05) is 19.7 Å². The van der Waals surface area contributed by atoms with Crippen LogP contribution in [0.15, 0.2) is 42.5 Å². The average molecular weight is 323 g/mol. The Balaban J connectivity index is 1.35. The molecule has 0 spiro atoms. The lowest BCUT2D eigenvalue weighted by Crippen LogP contribution is -2.46. The fraction of sp³-hybridized carbons (Fsp3) is 0.476. The SMILES string of the molecule is O=C(COc1ccc2ccccc2c1)N1CC[C@H]2CCCC[C@H]2C1. The molecule has 4 rings (SSSR count). The molecule has 0 aromatic heterocycles. The van der Waals surface area contributed by atoms with Gasteiger partial charge in [-0.2, -0.15) is 0 Å². The number of fused-ring (bicyclic) bond motifs is 2. The Morgan fingerprint density at radius 1 is 1.00 bits per heavy atom. The van der Waals surface area contributed by atoms with Crippen LogP contribution >= 0.6 is 0 Å². The molecule has 1 aliphatic heterocycles. The van der Waals surface area contributed by atoms with Gasteiger partial charge < -0.3 is 9.64 Å². The summed E-state index contributed by atoms with van der Waals surface area (Å²) < 4.78 is 5.77. The van der Waals surface area contributed by atoms with Gasteiger partial charge in [0.05, 0.1) is 0 Å². The first-order valence-corrected chi connectivity index (χ1v) is 9.19. The minimum absolute atomic E-state index is 0.132. The van der Waals surface area contributed by atoms with Crippen molar-refractivity contribution in [3.63, 3.8) is 0 Å². The molecule has 1 saturated heterocycles. The molecule has 0 bridgehead atoms. The second-order valence-electron chi connectivity index (χ2n) is 7.23. The molecule has 1 heterocycles. The van der Waals surface area contributed by atoms with Crippen molar-refractivity contribution in [2.45, 2.75) is 32.1 Å². The lowest BCUT2D eigenvalue weighted by Gasteiger charge is -2.41. The summed E-state index contributed by atoms with van der Waals surface area (Å²) in [6.45, 7) is 1.99. The highest BCUT2D eigenvalue weighted by atomic mass is 16.5. The highest BCUT2D eigenvalue weighted by Gasteiger charge is 2.32. The van der Waals surface area contributed by atoms with Crippen molar-refractivity contribution >= 4 is 16.7 Å². The van der Waals surface area contributed by atoms with Crippen LogP contribution in [-0.4, -0.2) is 30.5 Å².